The lowest BCUT2D eigenvalue weighted by molar-refractivity contribution is 0.359. The summed E-state index contributed by atoms with van der Waals surface area (Å²) in [6, 6.07) is 11.0. The number of nitrogens with one attached hydrogen (secondary N) is 1. The highest BCUT2D eigenvalue weighted by Gasteiger charge is 2.09. The summed E-state index contributed by atoms with van der Waals surface area (Å²) in [7, 11) is 0. The van der Waals surface area contributed by atoms with Crippen molar-refractivity contribution in [2.75, 3.05) is 0 Å². The third-order valence-corrected chi connectivity index (χ3v) is 3.09. The van der Waals surface area contributed by atoms with E-state index in [1.807, 2.05) is 13.0 Å². The first-order valence-electron chi connectivity index (χ1n) is 6.41. The highest BCUT2D eigenvalue weighted by molar-refractivity contribution is 5.24. The number of hydrogen-bond acceptors (Lipinski definition) is 3. The zero-order valence-corrected chi connectivity index (χ0v) is 11.2. The van der Waals surface area contributed by atoms with Crippen molar-refractivity contribution in [3.05, 3.63) is 52.9 Å². The van der Waals surface area contributed by atoms with Gasteiger partial charge in [0.2, 0.25) is 0 Å². The smallest absolute Gasteiger partial charge is 0.150 e. The second-order valence-electron chi connectivity index (χ2n) is 4.69. The lowest BCUT2D eigenvalue weighted by atomic mass is 10.0. The van der Waals surface area contributed by atoms with Crippen LogP contribution in [0.2, 0.25) is 0 Å². The third kappa shape index (κ3) is 3.20. The maximum absolute atomic E-state index is 5.20. The maximum atomic E-state index is 5.20. The van der Waals surface area contributed by atoms with Crippen molar-refractivity contribution in [3.63, 3.8) is 0 Å². The Kier molecular flexibility index (Phi) is 4.15. The van der Waals surface area contributed by atoms with E-state index in [2.05, 4.69) is 48.6 Å². The van der Waals surface area contributed by atoms with Gasteiger partial charge in [-0.15, -0.1) is 0 Å². The van der Waals surface area contributed by atoms with Crippen molar-refractivity contribution in [1.82, 2.24) is 10.5 Å². The van der Waals surface area contributed by atoms with Crippen LogP contribution in [0.15, 0.2) is 34.9 Å². The number of benzene rings is 1. The molecular formula is C15H20N2O. The topological polar surface area (TPSA) is 38.1 Å². The molecule has 1 heterocycles. The number of aryl methyl sites for hydroxylation is 2. The van der Waals surface area contributed by atoms with E-state index < -0.39 is 0 Å². The first-order chi connectivity index (χ1) is 8.69. The Hall–Kier alpha value is -1.61. The summed E-state index contributed by atoms with van der Waals surface area (Å²) < 4.78 is 5.20. The molecule has 2 rings (SSSR count). The molecule has 0 radical (unpaired) electrons. The first-order valence-corrected chi connectivity index (χ1v) is 6.41. The monoisotopic (exact) mass is 244 g/mol. The van der Waals surface area contributed by atoms with Gasteiger partial charge in [-0.2, -0.15) is 0 Å². The van der Waals surface area contributed by atoms with Crippen molar-refractivity contribution in [2.45, 2.75) is 39.8 Å². The average Bonchev–Trinajstić information content (AvgIpc) is 2.78. The standard InChI is InChI=1S/C15H20N2O/c1-4-15(13-7-5-11(2)6-8-13)16-10-14-9-12(3)17-18-14/h5-9,15-16H,4,10H2,1-3H3. The van der Waals surface area contributed by atoms with Crippen LogP contribution in [-0.4, -0.2) is 5.16 Å². The van der Waals surface area contributed by atoms with Gasteiger partial charge in [-0.25, -0.2) is 0 Å². The van der Waals surface area contributed by atoms with Gasteiger partial charge in [0, 0.05) is 12.1 Å². The van der Waals surface area contributed by atoms with Gasteiger partial charge in [-0.1, -0.05) is 41.9 Å². The van der Waals surface area contributed by atoms with E-state index in [4.69, 9.17) is 4.52 Å². The van der Waals surface area contributed by atoms with Crippen LogP contribution < -0.4 is 5.32 Å². The minimum absolute atomic E-state index is 0.357. The quantitative estimate of drug-likeness (QED) is 0.874. The molecule has 1 atom stereocenters. The van der Waals surface area contributed by atoms with Crippen molar-refractivity contribution < 1.29 is 4.52 Å². The van der Waals surface area contributed by atoms with E-state index >= 15 is 0 Å². The summed E-state index contributed by atoms with van der Waals surface area (Å²) in [6.45, 7) is 6.94. The predicted octanol–water partition coefficient (Wildman–Crippen LogP) is 3.53. The minimum Gasteiger partial charge on any atom is -0.360 e. The van der Waals surface area contributed by atoms with E-state index in [1.165, 1.54) is 11.1 Å². The van der Waals surface area contributed by atoms with Gasteiger partial charge >= 0.3 is 0 Å². The fourth-order valence-electron chi connectivity index (χ4n) is 2.02. The van der Waals surface area contributed by atoms with Crippen LogP contribution in [0.3, 0.4) is 0 Å². The van der Waals surface area contributed by atoms with Gasteiger partial charge in [0.25, 0.3) is 0 Å². The summed E-state index contributed by atoms with van der Waals surface area (Å²) >= 11 is 0. The minimum atomic E-state index is 0.357. The van der Waals surface area contributed by atoms with Gasteiger partial charge in [0.1, 0.15) is 0 Å². The lowest BCUT2D eigenvalue weighted by Crippen LogP contribution is -2.19. The zero-order valence-electron chi connectivity index (χ0n) is 11.2. The molecule has 1 aromatic heterocycles. The van der Waals surface area contributed by atoms with Gasteiger partial charge in [0.15, 0.2) is 5.76 Å². The first kappa shape index (κ1) is 12.8. The Labute approximate surface area is 108 Å². The van der Waals surface area contributed by atoms with Gasteiger partial charge in [-0.05, 0) is 25.8 Å². The molecular weight excluding hydrogens is 224 g/mol. The molecule has 18 heavy (non-hydrogen) atoms. The average molecular weight is 244 g/mol. The molecule has 3 heteroatoms. The summed E-state index contributed by atoms with van der Waals surface area (Å²) in [4.78, 5) is 0. The van der Waals surface area contributed by atoms with Gasteiger partial charge in [0.05, 0.1) is 12.2 Å². The number of hydrogen-bond donors (Lipinski definition) is 1. The third-order valence-electron chi connectivity index (χ3n) is 3.09. The molecule has 0 amide bonds. The van der Waals surface area contributed by atoms with Crippen LogP contribution in [0.1, 0.15) is 42.0 Å². The van der Waals surface area contributed by atoms with Crippen molar-refractivity contribution in [1.29, 1.82) is 0 Å². The van der Waals surface area contributed by atoms with E-state index in [1.54, 1.807) is 0 Å². The largest absolute Gasteiger partial charge is 0.360 e. The molecule has 0 fully saturated rings. The summed E-state index contributed by atoms with van der Waals surface area (Å²) in [5.74, 6) is 0.887. The molecule has 0 bridgehead atoms. The molecule has 0 spiro atoms. The Morgan fingerprint density at radius 3 is 2.50 bits per heavy atom. The second-order valence-corrected chi connectivity index (χ2v) is 4.69. The van der Waals surface area contributed by atoms with Gasteiger partial charge in [-0.3, -0.25) is 0 Å². The molecule has 3 nitrogen and oxygen atoms in total. The van der Waals surface area contributed by atoms with Gasteiger partial charge < -0.3 is 9.84 Å². The molecule has 0 aliphatic heterocycles. The van der Waals surface area contributed by atoms with E-state index in [0.717, 1.165) is 17.9 Å². The Morgan fingerprint density at radius 2 is 1.94 bits per heavy atom. The van der Waals surface area contributed by atoms with E-state index in [-0.39, 0.29) is 0 Å². The van der Waals surface area contributed by atoms with Crippen molar-refractivity contribution >= 4 is 0 Å². The predicted molar refractivity (Wildman–Crippen MR) is 72.3 cm³/mol. The fourth-order valence-corrected chi connectivity index (χ4v) is 2.02. The fraction of sp³-hybridized carbons (Fsp3) is 0.400. The molecule has 0 saturated heterocycles. The van der Waals surface area contributed by atoms with Crippen LogP contribution >= 0.6 is 0 Å². The summed E-state index contributed by atoms with van der Waals surface area (Å²) in [6.07, 6.45) is 1.05. The van der Waals surface area contributed by atoms with Crippen LogP contribution in [-0.2, 0) is 6.54 Å². The summed E-state index contributed by atoms with van der Waals surface area (Å²) in [5.41, 5.74) is 3.54. The highest BCUT2D eigenvalue weighted by atomic mass is 16.5. The van der Waals surface area contributed by atoms with Crippen molar-refractivity contribution in [2.24, 2.45) is 0 Å². The Bertz CT molecular complexity index is 487. The molecule has 1 unspecified atom stereocenters. The number of nitrogens with zero attached hydrogens (tertiary/aromatic N) is 1. The number of aromatic nitrogens is 1. The van der Waals surface area contributed by atoms with E-state index in [0.29, 0.717) is 12.6 Å². The molecule has 0 aliphatic carbocycles. The Balaban J connectivity index is 1.99. The van der Waals surface area contributed by atoms with Crippen LogP contribution in [0.25, 0.3) is 0 Å². The van der Waals surface area contributed by atoms with Crippen LogP contribution in [0.4, 0.5) is 0 Å². The SMILES string of the molecule is CCC(NCc1cc(C)no1)c1ccc(C)cc1. The Morgan fingerprint density at radius 1 is 1.22 bits per heavy atom. The second kappa shape index (κ2) is 5.83. The lowest BCUT2D eigenvalue weighted by Gasteiger charge is -2.16. The maximum Gasteiger partial charge on any atom is 0.150 e. The highest BCUT2D eigenvalue weighted by Crippen LogP contribution is 2.17. The molecule has 2 aromatic rings. The zero-order chi connectivity index (χ0) is 13.0. The molecule has 1 aromatic carbocycles. The normalized spacial score (nSPS) is 12.6. The van der Waals surface area contributed by atoms with Crippen LogP contribution in [0.5, 0.6) is 0 Å². The summed E-state index contributed by atoms with van der Waals surface area (Å²) in [5, 5.41) is 7.39. The molecule has 0 aliphatic rings. The molecule has 0 saturated carbocycles. The molecule has 96 valence electrons. The number of rotatable bonds is 5. The van der Waals surface area contributed by atoms with Crippen molar-refractivity contribution in [3.8, 4) is 0 Å². The van der Waals surface area contributed by atoms with E-state index in [9.17, 15) is 0 Å². The molecule has 1 N–H and O–H groups in total. The van der Waals surface area contributed by atoms with Crippen LogP contribution in [0, 0.1) is 13.8 Å².